The molecule has 0 spiro atoms. The van der Waals surface area contributed by atoms with Gasteiger partial charge in [0.2, 0.25) is 0 Å². The molecule has 0 aromatic rings. The number of rotatable bonds is 6. The van der Waals surface area contributed by atoms with Crippen LogP contribution in [0.5, 0.6) is 0 Å². The largest absolute Gasteiger partial charge is 0.381 e. The summed E-state index contributed by atoms with van der Waals surface area (Å²) in [6.45, 7) is 4.67. The Morgan fingerprint density at radius 1 is 1.36 bits per heavy atom. The van der Waals surface area contributed by atoms with Gasteiger partial charge in [-0.05, 0) is 39.0 Å². The molecule has 14 heavy (non-hydrogen) atoms. The van der Waals surface area contributed by atoms with Crippen molar-refractivity contribution in [2.24, 2.45) is 5.73 Å². The number of hydrogen-bond donors (Lipinski definition) is 1. The van der Waals surface area contributed by atoms with Crippen LogP contribution in [0.3, 0.4) is 0 Å². The van der Waals surface area contributed by atoms with Gasteiger partial charge < -0.3 is 15.2 Å². The van der Waals surface area contributed by atoms with Gasteiger partial charge >= 0.3 is 0 Å². The maximum absolute atomic E-state index is 5.74. The molecule has 1 unspecified atom stereocenters. The Kier molecular flexibility index (Phi) is 6.15. The van der Waals surface area contributed by atoms with Gasteiger partial charge in [-0.3, -0.25) is 0 Å². The van der Waals surface area contributed by atoms with Crippen LogP contribution in [-0.4, -0.2) is 32.0 Å². The van der Waals surface area contributed by atoms with Gasteiger partial charge in [-0.2, -0.15) is 0 Å². The number of unbranched alkanes of at least 4 members (excludes halogenated alkanes) is 1. The highest BCUT2D eigenvalue weighted by atomic mass is 16.5. The van der Waals surface area contributed by atoms with E-state index in [0.717, 1.165) is 45.5 Å². The number of nitrogens with two attached hydrogens (primary N) is 1. The molecule has 0 amide bonds. The summed E-state index contributed by atoms with van der Waals surface area (Å²) in [5.41, 5.74) is 5.66. The first kappa shape index (κ1) is 12.0. The third-order valence-electron chi connectivity index (χ3n) is 2.58. The first-order valence-electron chi connectivity index (χ1n) is 5.74. The summed E-state index contributed by atoms with van der Waals surface area (Å²) in [6.07, 6.45) is 6.00. The Morgan fingerprint density at radius 3 is 2.71 bits per heavy atom. The van der Waals surface area contributed by atoms with Crippen molar-refractivity contribution in [3.63, 3.8) is 0 Å². The second-order valence-corrected chi connectivity index (χ2v) is 4.16. The smallest absolute Gasteiger partial charge is 0.0619 e. The van der Waals surface area contributed by atoms with Gasteiger partial charge in [0.15, 0.2) is 0 Å². The minimum Gasteiger partial charge on any atom is -0.381 e. The van der Waals surface area contributed by atoms with Crippen molar-refractivity contribution in [1.29, 1.82) is 0 Å². The first-order chi connectivity index (χ1) is 6.79. The lowest BCUT2D eigenvalue weighted by atomic mass is 10.1. The summed E-state index contributed by atoms with van der Waals surface area (Å²) >= 11 is 0. The van der Waals surface area contributed by atoms with Crippen LogP contribution < -0.4 is 5.73 Å². The lowest BCUT2D eigenvalue weighted by molar-refractivity contribution is -0.0327. The Labute approximate surface area is 86.9 Å². The molecule has 1 atom stereocenters. The molecule has 1 aliphatic rings. The van der Waals surface area contributed by atoms with E-state index in [-0.39, 0.29) is 0 Å². The quantitative estimate of drug-likeness (QED) is 0.665. The fourth-order valence-electron chi connectivity index (χ4n) is 1.66. The predicted octanol–water partition coefficient (Wildman–Crippen LogP) is 1.70. The van der Waals surface area contributed by atoms with Crippen LogP contribution in [0.25, 0.3) is 0 Å². The third kappa shape index (κ3) is 5.58. The van der Waals surface area contributed by atoms with Gasteiger partial charge in [0.25, 0.3) is 0 Å². The average Bonchev–Trinajstić information content (AvgIpc) is 2.18. The average molecular weight is 201 g/mol. The van der Waals surface area contributed by atoms with Crippen LogP contribution in [0, 0.1) is 0 Å². The predicted molar refractivity (Wildman–Crippen MR) is 57.3 cm³/mol. The summed E-state index contributed by atoms with van der Waals surface area (Å²) in [5.74, 6) is 0. The molecular formula is C11H23NO2. The van der Waals surface area contributed by atoms with Crippen LogP contribution in [0.4, 0.5) is 0 Å². The summed E-state index contributed by atoms with van der Waals surface area (Å²) in [4.78, 5) is 0. The van der Waals surface area contributed by atoms with Crippen LogP contribution in [0.1, 0.15) is 39.0 Å². The molecule has 0 bridgehead atoms. The number of ether oxygens (including phenoxy) is 2. The molecule has 2 N–H and O–H groups in total. The van der Waals surface area contributed by atoms with Crippen LogP contribution in [0.2, 0.25) is 0 Å². The van der Waals surface area contributed by atoms with Gasteiger partial charge in [-0.25, -0.2) is 0 Å². The van der Waals surface area contributed by atoms with Crippen molar-refractivity contribution < 1.29 is 9.47 Å². The molecule has 1 saturated heterocycles. The highest BCUT2D eigenvalue weighted by Crippen LogP contribution is 2.11. The van der Waals surface area contributed by atoms with Crippen molar-refractivity contribution in [3.05, 3.63) is 0 Å². The van der Waals surface area contributed by atoms with E-state index in [4.69, 9.17) is 15.2 Å². The summed E-state index contributed by atoms with van der Waals surface area (Å²) in [5, 5.41) is 0. The van der Waals surface area contributed by atoms with Crippen molar-refractivity contribution >= 4 is 0 Å². The maximum atomic E-state index is 5.74. The summed E-state index contributed by atoms with van der Waals surface area (Å²) in [6, 6.07) is 0.332. The topological polar surface area (TPSA) is 44.5 Å². The van der Waals surface area contributed by atoms with E-state index in [1.807, 2.05) is 0 Å². The van der Waals surface area contributed by atoms with E-state index < -0.39 is 0 Å². The van der Waals surface area contributed by atoms with E-state index in [9.17, 15) is 0 Å². The molecule has 0 radical (unpaired) electrons. The van der Waals surface area contributed by atoms with E-state index in [0.29, 0.717) is 12.1 Å². The minimum absolute atomic E-state index is 0.332. The molecule has 0 aliphatic carbocycles. The molecule has 0 aromatic carbocycles. The van der Waals surface area contributed by atoms with Crippen molar-refractivity contribution in [2.75, 3.05) is 19.8 Å². The summed E-state index contributed by atoms with van der Waals surface area (Å²) < 4.78 is 11.0. The second kappa shape index (κ2) is 7.21. The van der Waals surface area contributed by atoms with Gasteiger partial charge in [0.1, 0.15) is 0 Å². The number of hydrogen-bond acceptors (Lipinski definition) is 3. The monoisotopic (exact) mass is 201 g/mol. The van der Waals surface area contributed by atoms with Gasteiger partial charge in [-0.15, -0.1) is 0 Å². The standard InChI is InChI=1S/C11H23NO2/c1-10(12)4-2-3-7-14-11-5-8-13-9-6-11/h10-11H,2-9,12H2,1H3. The van der Waals surface area contributed by atoms with E-state index >= 15 is 0 Å². The second-order valence-electron chi connectivity index (χ2n) is 4.16. The van der Waals surface area contributed by atoms with Crippen molar-refractivity contribution in [2.45, 2.75) is 51.2 Å². The molecule has 1 rings (SSSR count). The molecule has 1 aliphatic heterocycles. The third-order valence-corrected chi connectivity index (χ3v) is 2.58. The molecule has 1 heterocycles. The van der Waals surface area contributed by atoms with Gasteiger partial charge in [-0.1, -0.05) is 0 Å². The zero-order valence-electron chi connectivity index (χ0n) is 9.21. The fourth-order valence-corrected chi connectivity index (χ4v) is 1.66. The lowest BCUT2D eigenvalue weighted by Gasteiger charge is -2.22. The molecule has 0 saturated carbocycles. The Balaban J connectivity index is 1.87. The minimum atomic E-state index is 0.332. The Hall–Kier alpha value is -0.120. The normalized spacial score (nSPS) is 21.0. The van der Waals surface area contributed by atoms with Crippen LogP contribution in [0.15, 0.2) is 0 Å². The lowest BCUT2D eigenvalue weighted by Crippen LogP contribution is -2.23. The zero-order valence-corrected chi connectivity index (χ0v) is 9.21. The Morgan fingerprint density at radius 2 is 2.07 bits per heavy atom. The molecule has 84 valence electrons. The highest BCUT2D eigenvalue weighted by molar-refractivity contribution is 4.62. The van der Waals surface area contributed by atoms with Gasteiger partial charge in [0, 0.05) is 25.9 Å². The highest BCUT2D eigenvalue weighted by Gasteiger charge is 2.13. The van der Waals surface area contributed by atoms with Crippen molar-refractivity contribution in [3.8, 4) is 0 Å². The fraction of sp³-hybridized carbons (Fsp3) is 1.00. The van der Waals surface area contributed by atoms with Crippen LogP contribution >= 0.6 is 0 Å². The SMILES string of the molecule is CC(N)CCCCOC1CCOCC1. The van der Waals surface area contributed by atoms with Crippen LogP contribution in [-0.2, 0) is 9.47 Å². The molecule has 1 fully saturated rings. The van der Waals surface area contributed by atoms with E-state index in [2.05, 4.69) is 6.92 Å². The molecule has 3 heteroatoms. The van der Waals surface area contributed by atoms with Crippen molar-refractivity contribution in [1.82, 2.24) is 0 Å². The molecular weight excluding hydrogens is 178 g/mol. The van der Waals surface area contributed by atoms with E-state index in [1.54, 1.807) is 0 Å². The van der Waals surface area contributed by atoms with E-state index in [1.165, 1.54) is 6.42 Å². The zero-order chi connectivity index (χ0) is 10.2. The first-order valence-corrected chi connectivity index (χ1v) is 5.74. The molecule has 3 nitrogen and oxygen atoms in total. The maximum Gasteiger partial charge on any atom is 0.0619 e. The Bertz CT molecular complexity index is 133. The summed E-state index contributed by atoms with van der Waals surface area (Å²) in [7, 11) is 0. The molecule has 0 aromatic heterocycles. The van der Waals surface area contributed by atoms with Gasteiger partial charge in [0.05, 0.1) is 6.10 Å².